The highest BCUT2D eigenvalue weighted by Gasteiger charge is 2.32. The van der Waals surface area contributed by atoms with Crippen LogP contribution in [-0.2, 0) is 0 Å². The molecule has 0 aliphatic carbocycles. The number of urea groups is 1. The van der Waals surface area contributed by atoms with Crippen LogP contribution in [0.3, 0.4) is 0 Å². The number of carbonyl (C=O) groups is 1. The molecule has 4 heteroatoms. The van der Waals surface area contributed by atoms with Crippen LogP contribution in [0.2, 0.25) is 0 Å². The monoisotopic (exact) mass is 279 g/mol. The summed E-state index contributed by atoms with van der Waals surface area (Å²) in [5, 5.41) is 3.63. The molecule has 0 radical (unpaired) electrons. The smallest absolute Gasteiger partial charge is 0.320 e. The van der Waals surface area contributed by atoms with Crippen LogP contribution in [0.5, 0.6) is 0 Å². The second-order valence-corrected chi connectivity index (χ2v) is 7.00. The summed E-state index contributed by atoms with van der Waals surface area (Å²) in [5.41, 5.74) is 0. The minimum absolute atomic E-state index is 0.300. The minimum atomic E-state index is 0.300. The number of nitrogens with zero attached hydrogens (tertiary/aromatic N) is 2. The molecule has 2 amide bonds. The Bertz CT molecular complexity index is 333. The molecule has 20 heavy (non-hydrogen) atoms. The molecule has 4 nitrogen and oxygen atoms in total. The maximum absolute atomic E-state index is 12.6. The molecular weight excluding hydrogens is 250 g/mol. The fourth-order valence-corrected chi connectivity index (χ4v) is 4.17. The van der Waals surface area contributed by atoms with E-state index >= 15 is 0 Å². The van der Waals surface area contributed by atoms with Crippen LogP contribution in [0.1, 0.15) is 45.4 Å². The van der Waals surface area contributed by atoms with Gasteiger partial charge in [0.05, 0.1) is 0 Å². The van der Waals surface area contributed by atoms with Crippen molar-refractivity contribution in [3.63, 3.8) is 0 Å². The lowest BCUT2D eigenvalue weighted by Crippen LogP contribution is -2.50. The van der Waals surface area contributed by atoms with Crippen molar-refractivity contribution in [2.45, 2.75) is 51.5 Å². The highest BCUT2D eigenvalue weighted by atomic mass is 16.2. The van der Waals surface area contributed by atoms with Gasteiger partial charge in [0.2, 0.25) is 0 Å². The van der Waals surface area contributed by atoms with E-state index in [-0.39, 0.29) is 0 Å². The summed E-state index contributed by atoms with van der Waals surface area (Å²) in [5.74, 6) is 1.47. The van der Waals surface area contributed by atoms with Crippen molar-refractivity contribution in [3.05, 3.63) is 0 Å². The van der Waals surface area contributed by atoms with Gasteiger partial charge in [-0.2, -0.15) is 0 Å². The second-order valence-electron chi connectivity index (χ2n) is 7.00. The summed E-state index contributed by atoms with van der Waals surface area (Å²) >= 11 is 0. The van der Waals surface area contributed by atoms with Crippen molar-refractivity contribution in [1.82, 2.24) is 15.1 Å². The van der Waals surface area contributed by atoms with Crippen LogP contribution in [0.15, 0.2) is 0 Å². The number of amides is 2. The molecule has 2 unspecified atom stereocenters. The van der Waals surface area contributed by atoms with E-state index in [0.29, 0.717) is 11.9 Å². The van der Waals surface area contributed by atoms with Crippen LogP contribution in [0, 0.1) is 11.8 Å². The van der Waals surface area contributed by atoms with Crippen molar-refractivity contribution in [1.29, 1.82) is 0 Å². The predicted molar refractivity (Wildman–Crippen MR) is 80.7 cm³/mol. The molecule has 3 saturated heterocycles. The van der Waals surface area contributed by atoms with Crippen molar-refractivity contribution < 1.29 is 4.79 Å². The molecule has 3 aliphatic heterocycles. The topological polar surface area (TPSA) is 35.6 Å². The van der Waals surface area contributed by atoms with Gasteiger partial charge < -0.3 is 15.1 Å². The Morgan fingerprint density at radius 3 is 2.45 bits per heavy atom. The van der Waals surface area contributed by atoms with Gasteiger partial charge in [0.1, 0.15) is 0 Å². The summed E-state index contributed by atoms with van der Waals surface area (Å²) in [6.07, 6.45) is 7.49. The summed E-state index contributed by atoms with van der Waals surface area (Å²) in [6, 6.07) is 1.02. The van der Waals surface area contributed by atoms with Crippen LogP contribution in [0.4, 0.5) is 4.79 Å². The zero-order valence-electron chi connectivity index (χ0n) is 12.8. The molecule has 1 N–H and O–H groups in total. The lowest BCUT2D eigenvalue weighted by atomic mass is 9.88. The Balaban J connectivity index is 1.48. The Labute approximate surface area is 122 Å². The number of piperidine rings is 2. The van der Waals surface area contributed by atoms with Crippen LogP contribution < -0.4 is 5.32 Å². The summed E-state index contributed by atoms with van der Waals surface area (Å²) in [7, 11) is 0. The average Bonchev–Trinajstić information content (AvgIpc) is 3.01. The summed E-state index contributed by atoms with van der Waals surface area (Å²) in [4.78, 5) is 16.7. The van der Waals surface area contributed by atoms with Gasteiger partial charge in [-0.3, -0.25) is 0 Å². The van der Waals surface area contributed by atoms with E-state index in [1.165, 1.54) is 45.1 Å². The van der Waals surface area contributed by atoms with Crippen molar-refractivity contribution in [2.75, 3.05) is 32.7 Å². The molecule has 0 aromatic heterocycles. The Morgan fingerprint density at radius 1 is 1.00 bits per heavy atom. The van der Waals surface area contributed by atoms with Gasteiger partial charge in [-0.05, 0) is 56.9 Å². The SMILES string of the molecule is CC1CCCN(C(=O)N2CCC(C3CCCN3)CC2)C1. The van der Waals surface area contributed by atoms with Gasteiger partial charge >= 0.3 is 6.03 Å². The number of hydrogen-bond acceptors (Lipinski definition) is 2. The average molecular weight is 279 g/mol. The Morgan fingerprint density at radius 2 is 1.80 bits per heavy atom. The maximum atomic E-state index is 12.6. The van der Waals surface area contributed by atoms with Gasteiger partial charge in [-0.25, -0.2) is 4.79 Å². The van der Waals surface area contributed by atoms with Crippen LogP contribution in [0.25, 0.3) is 0 Å². The third-order valence-electron chi connectivity index (χ3n) is 5.41. The predicted octanol–water partition coefficient (Wildman–Crippen LogP) is 2.30. The lowest BCUT2D eigenvalue weighted by Gasteiger charge is -2.39. The molecule has 114 valence electrons. The summed E-state index contributed by atoms with van der Waals surface area (Å²) < 4.78 is 0. The Hall–Kier alpha value is -0.770. The number of likely N-dealkylation sites (tertiary alicyclic amines) is 2. The minimum Gasteiger partial charge on any atom is -0.325 e. The van der Waals surface area contributed by atoms with Gasteiger partial charge in [0, 0.05) is 32.2 Å². The van der Waals surface area contributed by atoms with Crippen LogP contribution in [-0.4, -0.2) is 54.6 Å². The highest BCUT2D eigenvalue weighted by Crippen LogP contribution is 2.26. The molecule has 0 spiro atoms. The maximum Gasteiger partial charge on any atom is 0.320 e. The molecule has 3 rings (SSSR count). The van der Waals surface area contributed by atoms with E-state index in [1.807, 2.05) is 0 Å². The standard InChI is InChI=1S/C16H29N3O/c1-13-4-3-9-19(12-13)16(20)18-10-6-14(7-11-18)15-5-2-8-17-15/h13-15,17H,2-12H2,1H3. The molecule has 0 aromatic carbocycles. The van der Waals surface area contributed by atoms with E-state index in [4.69, 9.17) is 0 Å². The van der Waals surface area contributed by atoms with Gasteiger partial charge in [0.25, 0.3) is 0 Å². The molecule has 3 fully saturated rings. The molecule has 0 aromatic rings. The van der Waals surface area contributed by atoms with Crippen LogP contribution >= 0.6 is 0 Å². The highest BCUT2D eigenvalue weighted by molar-refractivity contribution is 5.74. The zero-order valence-corrected chi connectivity index (χ0v) is 12.8. The number of hydrogen-bond donors (Lipinski definition) is 1. The lowest BCUT2D eigenvalue weighted by molar-refractivity contribution is 0.110. The third-order valence-corrected chi connectivity index (χ3v) is 5.41. The molecule has 0 bridgehead atoms. The fraction of sp³-hybridized carbons (Fsp3) is 0.938. The van der Waals surface area contributed by atoms with E-state index in [1.54, 1.807) is 0 Å². The first-order valence-electron chi connectivity index (χ1n) is 8.51. The number of carbonyl (C=O) groups excluding carboxylic acids is 1. The van der Waals surface area contributed by atoms with Gasteiger partial charge in [-0.15, -0.1) is 0 Å². The van der Waals surface area contributed by atoms with E-state index < -0.39 is 0 Å². The van der Waals surface area contributed by atoms with Gasteiger partial charge in [0.15, 0.2) is 0 Å². The molecule has 0 saturated carbocycles. The normalized spacial score (nSPS) is 32.6. The first kappa shape index (κ1) is 14.2. The number of nitrogens with one attached hydrogen (secondary N) is 1. The van der Waals surface area contributed by atoms with Crippen molar-refractivity contribution >= 4 is 6.03 Å². The second kappa shape index (κ2) is 6.33. The van der Waals surface area contributed by atoms with E-state index in [2.05, 4.69) is 22.0 Å². The molecule has 3 heterocycles. The fourth-order valence-electron chi connectivity index (χ4n) is 4.17. The van der Waals surface area contributed by atoms with E-state index in [9.17, 15) is 4.79 Å². The van der Waals surface area contributed by atoms with Crippen molar-refractivity contribution in [2.24, 2.45) is 11.8 Å². The van der Waals surface area contributed by atoms with Crippen molar-refractivity contribution in [3.8, 4) is 0 Å². The molecular formula is C16H29N3O. The molecule has 3 aliphatic rings. The Kier molecular flexibility index (Phi) is 4.49. The quantitative estimate of drug-likeness (QED) is 0.799. The van der Waals surface area contributed by atoms with E-state index in [0.717, 1.165) is 38.1 Å². The number of rotatable bonds is 1. The first-order chi connectivity index (χ1) is 9.74. The van der Waals surface area contributed by atoms with Gasteiger partial charge in [-0.1, -0.05) is 6.92 Å². The third kappa shape index (κ3) is 3.11. The largest absolute Gasteiger partial charge is 0.325 e. The first-order valence-corrected chi connectivity index (χ1v) is 8.51. The molecule has 2 atom stereocenters. The zero-order chi connectivity index (χ0) is 13.9. The summed E-state index contributed by atoms with van der Waals surface area (Å²) in [6.45, 7) is 7.31.